The lowest BCUT2D eigenvalue weighted by molar-refractivity contribution is 0.762. The van der Waals surface area contributed by atoms with Gasteiger partial charge in [0.05, 0.1) is 0 Å². The summed E-state index contributed by atoms with van der Waals surface area (Å²) in [4.78, 5) is 0. The Morgan fingerprint density at radius 1 is 0.857 bits per heavy atom. The van der Waals surface area contributed by atoms with Gasteiger partial charge in [-0.25, -0.2) is 0 Å². The van der Waals surface area contributed by atoms with Gasteiger partial charge >= 0.3 is 0 Å². The van der Waals surface area contributed by atoms with Crippen LogP contribution in [-0.4, -0.2) is 0 Å². The van der Waals surface area contributed by atoms with Crippen LogP contribution in [0.5, 0.6) is 0 Å². The van der Waals surface area contributed by atoms with E-state index in [-0.39, 0.29) is 5.41 Å². The standard InChI is InChI=1S/C21H24/c1-5-8-17-9-11-18(12-10-17)19-13-15-20(16-14-19)21(4,6-2)7-3/h6-7,9-16H,2-3,5,8H2,1,4H3. The van der Waals surface area contributed by atoms with E-state index in [2.05, 4.69) is 75.5 Å². The molecular formula is C21H24. The highest BCUT2D eigenvalue weighted by Crippen LogP contribution is 2.29. The van der Waals surface area contributed by atoms with Crippen LogP contribution in [0.1, 0.15) is 31.4 Å². The molecule has 2 aromatic rings. The number of benzene rings is 2. The molecule has 0 unspecified atom stereocenters. The summed E-state index contributed by atoms with van der Waals surface area (Å²) in [5.41, 5.74) is 4.98. The van der Waals surface area contributed by atoms with E-state index in [1.54, 1.807) is 0 Å². The molecule has 0 N–H and O–H groups in total. The lowest BCUT2D eigenvalue weighted by Crippen LogP contribution is -2.14. The third-order valence-corrected chi connectivity index (χ3v) is 4.18. The molecule has 0 bridgehead atoms. The van der Waals surface area contributed by atoms with Crippen molar-refractivity contribution >= 4 is 0 Å². The van der Waals surface area contributed by atoms with Gasteiger partial charge in [-0.05, 0) is 35.6 Å². The molecular weight excluding hydrogens is 252 g/mol. The molecule has 0 fully saturated rings. The van der Waals surface area contributed by atoms with Gasteiger partial charge in [-0.3, -0.25) is 0 Å². The second-order valence-electron chi connectivity index (χ2n) is 5.72. The van der Waals surface area contributed by atoms with Gasteiger partial charge in [-0.15, -0.1) is 13.2 Å². The van der Waals surface area contributed by atoms with E-state index in [0.29, 0.717) is 0 Å². The molecule has 21 heavy (non-hydrogen) atoms. The fourth-order valence-electron chi connectivity index (χ4n) is 2.49. The number of rotatable bonds is 6. The van der Waals surface area contributed by atoms with E-state index in [9.17, 15) is 0 Å². The average molecular weight is 276 g/mol. The van der Waals surface area contributed by atoms with Crippen LogP contribution >= 0.6 is 0 Å². The number of hydrogen-bond donors (Lipinski definition) is 0. The summed E-state index contributed by atoms with van der Waals surface area (Å²) in [5, 5.41) is 0. The van der Waals surface area contributed by atoms with Crippen LogP contribution in [0.15, 0.2) is 73.8 Å². The lowest BCUT2D eigenvalue weighted by Gasteiger charge is -2.22. The largest absolute Gasteiger partial charge is 0.102 e. The van der Waals surface area contributed by atoms with E-state index < -0.39 is 0 Å². The molecule has 0 amide bonds. The highest BCUT2D eigenvalue weighted by molar-refractivity contribution is 5.64. The van der Waals surface area contributed by atoms with Gasteiger partial charge in [0.2, 0.25) is 0 Å². The van der Waals surface area contributed by atoms with Crippen molar-refractivity contribution in [1.82, 2.24) is 0 Å². The SMILES string of the molecule is C=CC(C)(C=C)c1ccc(-c2ccc(CCC)cc2)cc1. The quantitative estimate of drug-likeness (QED) is 0.573. The molecule has 0 saturated carbocycles. The van der Waals surface area contributed by atoms with Crippen molar-refractivity contribution in [3.8, 4) is 11.1 Å². The molecule has 2 aromatic carbocycles. The summed E-state index contributed by atoms with van der Waals surface area (Å²) in [7, 11) is 0. The molecule has 2 rings (SSSR count). The molecule has 0 spiro atoms. The third kappa shape index (κ3) is 3.33. The summed E-state index contributed by atoms with van der Waals surface area (Å²) in [6.45, 7) is 12.2. The predicted octanol–water partition coefficient (Wildman–Crippen LogP) is 5.94. The van der Waals surface area contributed by atoms with Crippen LogP contribution in [0.25, 0.3) is 11.1 Å². The molecule has 0 aliphatic rings. The van der Waals surface area contributed by atoms with E-state index >= 15 is 0 Å². The fourth-order valence-corrected chi connectivity index (χ4v) is 2.49. The first-order valence-electron chi connectivity index (χ1n) is 7.60. The Labute approximate surface area is 128 Å². The van der Waals surface area contributed by atoms with Gasteiger partial charge in [-0.1, -0.05) is 74.0 Å². The summed E-state index contributed by atoms with van der Waals surface area (Å²) >= 11 is 0. The van der Waals surface area contributed by atoms with E-state index in [4.69, 9.17) is 0 Å². The summed E-state index contributed by atoms with van der Waals surface area (Å²) in [6.07, 6.45) is 6.22. The van der Waals surface area contributed by atoms with Gasteiger partial charge in [0, 0.05) is 5.41 Å². The molecule has 0 radical (unpaired) electrons. The number of aryl methyl sites for hydroxylation is 1. The summed E-state index contributed by atoms with van der Waals surface area (Å²) in [5.74, 6) is 0. The first-order valence-corrected chi connectivity index (χ1v) is 7.60. The second-order valence-corrected chi connectivity index (χ2v) is 5.72. The van der Waals surface area contributed by atoms with Crippen LogP contribution < -0.4 is 0 Å². The molecule has 0 aliphatic carbocycles. The van der Waals surface area contributed by atoms with Crippen LogP contribution in [0.4, 0.5) is 0 Å². The van der Waals surface area contributed by atoms with Crippen molar-refractivity contribution in [2.45, 2.75) is 32.1 Å². The first-order chi connectivity index (χ1) is 10.1. The Morgan fingerprint density at radius 2 is 1.33 bits per heavy atom. The lowest BCUT2D eigenvalue weighted by atomic mass is 9.82. The minimum absolute atomic E-state index is 0.163. The maximum absolute atomic E-state index is 3.92. The molecule has 0 aliphatic heterocycles. The van der Waals surface area contributed by atoms with E-state index in [1.165, 1.54) is 28.7 Å². The van der Waals surface area contributed by atoms with Gasteiger partial charge in [0.25, 0.3) is 0 Å². The van der Waals surface area contributed by atoms with Crippen molar-refractivity contribution in [2.75, 3.05) is 0 Å². The van der Waals surface area contributed by atoms with E-state index in [1.807, 2.05) is 12.2 Å². The molecule has 0 saturated heterocycles. The van der Waals surface area contributed by atoms with Gasteiger partial charge in [0.15, 0.2) is 0 Å². The molecule has 0 aromatic heterocycles. The highest BCUT2D eigenvalue weighted by atomic mass is 14.2. The smallest absolute Gasteiger partial charge is 0.0278 e. The Kier molecular flexibility index (Phi) is 4.80. The molecule has 108 valence electrons. The van der Waals surface area contributed by atoms with Crippen molar-refractivity contribution < 1.29 is 0 Å². The number of hydrogen-bond acceptors (Lipinski definition) is 0. The summed E-state index contributed by atoms with van der Waals surface area (Å²) < 4.78 is 0. The summed E-state index contributed by atoms with van der Waals surface area (Å²) in [6, 6.07) is 17.6. The second kappa shape index (κ2) is 6.58. The number of allylic oxidation sites excluding steroid dienone is 2. The maximum atomic E-state index is 3.92. The molecule has 0 nitrogen and oxygen atoms in total. The molecule has 0 heteroatoms. The Bertz CT molecular complexity index is 591. The predicted molar refractivity (Wildman–Crippen MR) is 93.6 cm³/mol. The van der Waals surface area contributed by atoms with E-state index in [0.717, 1.165) is 6.42 Å². The van der Waals surface area contributed by atoms with Crippen LogP contribution in [0.2, 0.25) is 0 Å². The van der Waals surface area contributed by atoms with Crippen molar-refractivity contribution in [3.63, 3.8) is 0 Å². The zero-order valence-electron chi connectivity index (χ0n) is 13.1. The highest BCUT2D eigenvalue weighted by Gasteiger charge is 2.17. The van der Waals surface area contributed by atoms with Crippen molar-refractivity contribution in [1.29, 1.82) is 0 Å². The van der Waals surface area contributed by atoms with Gasteiger partial charge in [0.1, 0.15) is 0 Å². The van der Waals surface area contributed by atoms with Crippen LogP contribution in [-0.2, 0) is 11.8 Å². The minimum Gasteiger partial charge on any atom is -0.102 e. The van der Waals surface area contributed by atoms with Crippen molar-refractivity contribution in [3.05, 3.63) is 85.0 Å². The third-order valence-electron chi connectivity index (χ3n) is 4.18. The van der Waals surface area contributed by atoms with Crippen LogP contribution in [0, 0.1) is 0 Å². The fraction of sp³-hybridized carbons (Fsp3) is 0.238. The van der Waals surface area contributed by atoms with Gasteiger partial charge in [-0.2, -0.15) is 0 Å². The molecule has 0 atom stereocenters. The topological polar surface area (TPSA) is 0 Å². The maximum Gasteiger partial charge on any atom is 0.0278 e. The molecule has 0 heterocycles. The zero-order chi connectivity index (χ0) is 15.3. The first kappa shape index (κ1) is 15.3. The Balaban J connectivity index is 2.26. The zero-order valence-corrected chi connectivity index (χ0v) is 13.1. The van der Waals surface area contributed by atoms with Crippen molar-refractivity contribution in [2.24, 2.45) is 0 Å². The Morgan fingerprint density at radius 3 is 1.76 bits per heavy atom. The van der Waals surface area contributed by atoms with Crippen LogP contribution in [0.3, 0.4) is 0 Å². The average Bonchev–Trinajstić information content (AvgIpc) is 2.55. The normalized spacial score (nSPS) is 11.1. The van der Waals surface area contributed by atoms with Gasteiger partial charge < -0.3 is 0 Å². The monoisotopic (exact) mass is 276 g/mol. The minimum atomic E-state index is -0.163. The Hall–Kier alpha value is -2.08.